The summed E-state index contributed by atoms with van der Waals surface area (Å²) in [6.07, 6.45) is 1.66. The van der Waals surface area contributed by atoms with Gasteiger partial charge in [0, 0.05) is 24.4 Å². The summed E-state index contributed by atoms with van der Waals surface area (Å²) in [5.41, 5.74) is 1.82. The Kier molecular flexibility index (Phi) is 5.44. The molecule has 0 saturated carbocycles. The number of rotatable bonds is 6. The molecule has 0 N–H and O–H groups in total. The van der Waals surface area contributed by atoms with Crippen molar-refractivity contribution in [2.45, 2.75) is 25.6 Å². The molecule has 0 fully saturated rings. The number of aromatic nitrogens is 1. The van der Waals surface area contributed by atoms with Crippen LogP contribution in [0.2, 0.25) is 0 Å². The van der Waals surface area contributed by atoms with E-state index in [4.69, 9.17) is 4.42 Å². The average molecular weight is 304 g/mol. The van der Waals surface area contributed by atoms with Crippen LogP contribution in [0.1, 0.15) is 19.5 Å². The first kappa shape index (κ1) is 15.6. The van der Waals surface area contributed by atoms with Gasteiger partial charge in [-0.15, -0.1) is 11.8 Å². The van der Waals surface area contributed by atoms with Crippen LogP contribution in [-0.4, -0.2) is 34.6 Å². The highest BCUT2D eigenvalue weighted by molar-refractivity contribution is 7.99. The van der Waals surface area contributed by atoms with Crippen LogP contribution in [0.4, 0.5) is 0 Å². The Balaban J connectivity index is 1.85. The molecule has 5 heteroatoms. The van der Waals surface area contributed by atoms with Gasteiger partial charge in [0.15, 0.2) is 0 Å². The Morgan fingerprint density at radius 1 is 1.33 bits per heavy atom. The first-order valence-electron chi connectivity index (χ1n) is 6.91. The predicted molar refractivity (Wildman–Crippen MR) is 86.0 cm³/mol. The third kappa shape index (κ3) is 4.36. The van der Waals surface area contributed by atoms with Crippen LogP contribution in [0.15, 0.2) is 41.0 Å². The smallest absolute Gasteiger partial charge is 0.232 e. The van der Waals surface area contributed by atoms with E-state index in [-0.39, 0.29) is 11.9 Å². The Hall–Kier alpha value is -1.75. The molecule has 0 aliphatic carbocycles. The predicted octanol–water partition coefficient (Wildman–Crippen LogP) is 3.44. The quantitative estimate of drug-likeness (QED) is 0.820. The summed E-state index contributed by atoms with van der Waals surface area (Å²) in [6.45, 7) is 4.01. The van der Waals surface area contributed by atoms with Crippen molar-refractivity contribution in [1.29, 1.82) is 0 Å². The van der Waals surface area contributed by atoms with E-state index < -0.39 is 0 Å². The number of amides is 1. The summed E-state index contributed by atoms with van der Waals surface area (Å²) < 4.78 is 5.47. The molecule has 4 nitrogen and oxygen atoms in total. The average Bonchev–Trinajstić information content (AvgIpc) is 2.96. The summed E-state index contributed by atoms with van der Waals surface area (Å²) >= 11 is 1.56. The number of nitrogens with zero attached hydrogens (tertiary/aromatic N) is 2. The lowest BCUT2D eigenvalue weighted by Crippen LogP contribution is -2.34. The van der Waals surface area contributed by atoms with Crippen LogP contribution in [-0.2, 0) is 10.5 Å². The summed E-state index contributed by atoms with van der Waals surface area (Å²) in [5.74, 6) is 1.90. The molecule has 1 heterocycles. The maximum atomic E-state index is 11.9. The minimum absolute atomic E-state index is 0.141. The lowest BCUT2D eigenvalue weighted by atomic mass is 10.2. The van der Waals surface area contributed by atoms with Gasteiger partial charge in [-0.3, -0.25) is 4.79 Å². The molecular formula is C16H20N2O2S. The molecule has 0 aliphatic rings. The number of thioether (sulfide) groups is 1. The van der Waals surface area contributed by atoms with E-state index in [1.165, 1.54) is 0 Å². The summed E-state index contributed by atoms with van der Waals surface area (Å²) in [4.78, 5) is 18.1. The van der Waals surface area contributed by atoms with Crippen LogP contribution < -0.4 is 0 Å². The van der Waals surface area contributed by atoms with Gasteiger partial charge in [0.1, 0.15) is 6.26 Å². The minimum atomic E-state index is 0.141. The van der Waals surface area contributed by atoms with Crippen molar-refractivity contribution in [2.24, 2.45) is 0 Å². The molecule has 0 spiro atoms. The third-order valence-corrected chi connectivity index (χ3v) is 4.17. The normalized spacial score (nSPS) is 10.9. The van der Waals surface area contributed by atoms with Crippen molar-refractivity contribution in [3.63, 3.8) is 0 Å². The second kappa shape index (κ2) is 7.31. The molecular weight excluding hydrogens is 284 g/mol. The Bertz CT molecular complexity index is 581. The number of oxazole rings is 1. The van der Waals surface area contributed by atoms with Crippen molar-refractivity contribution >= 4 is 17.7 Å². The van der Waals surface area contributed by atoms with Gasteiger partial charge in [-0.2, -0.15) is 0 Å². The van der Waals surface area contributed by atoms with Gasteiger partial charge in [-0.05, 0) is 26.0 Å². The monoisotopic (exact) mass is 304 g/mol. The second-order valence-corrected chi connectivity index (χ2v) is 6.09. The molecule has 21 heavy (non-hydrogen) atoms. The van der Waals surface area contributed by atoms with Crippen LogP contribution in [0, 0.1) is 0 Å². The van der Waals surface area contributed by atoms with Gasteiger partial charge in [-0.25, -0.2) is 4.98 Å². The Morgan fingerprint density at radius 2 is 2.05 bits per heavy atom. The Morgan fingerprint density at radius 3 is 2.71 bits per heavy atom. The van der Waals surface area contributed by atoms with Crippen LogP contribution in [0.3, 0.4) is 0 Å². The van der Waals surface area contributed by atoms with Crippen molar-refractivity contribution in [3.05, 3.63) is 42.3 Å². The highest BCUT2D eigenvalue weighted by atomic mass is 32.2. The van der Waals surface area contributed by atoms with Gasteiger partial charge in [0.05, 0.1) is 11.4 Å². The lowest BCUT2D eigenvalue weighted by Gasteiger charge is -2.20. The topological polar surface area (TPSA) is 46.3 Å². The molecule has 0 saturated heterocycles. The highest BCUT2D eigenvalue weighted by Crippen LogP contribution is 2.20. The largest absolute Gasteiger partial charge is 0.444 e. The second-order valence-electron chi connectivity index (χ2n) is 5.10. The Labute approximate surface area is 129 Å². The van der Waals surface area contributed by atoms with Gasteiger partial charge in [0.2, 0.25) is 11.8 Å². The summed E-state index contributed by atoms with van der Waals surface area (Å²) in [5, 5.41) is 0. The number of hydrogen-bond donors (Lipinski definition) is 0. The fourth-order valence-corrected chi connectivity index (χ4v) is 2.54. The number of benzene rings is 1. The number of carbonyl (C=O) groups excluding carboxylic acids is 1. The molecule has 112 valence electrons. The molecule has 0 bridgehead atoms. The summed E-state index contributed by atoms with van der Waals surface area (Å²) in [7, 11) is 1.83. The van der Waals surface area contributed by atoms with E-state index in [9.17, 15) is 4.79 Å². The van der Waals surface area contributed by atoms with Crippen molar-refractivity contribution in [3.8, 4) is 11.5 Å². The zero-order chi connectivity index (χ0) is 15.2. The minimum Gasteiger partial charge on any atom is -0.444 e. The fourth-order valence-electron chi connectivity index (χ4n) is 1.72. The number of carbonyl (C=O) groups is 1. The van der Waals surface area contributed by atoms with E-state index in [1.54, 1.807) is 22.9 Å². The maximum absolute atomic E-state index is 11.9. The van der Waals surface area contributed by atoms with Crippen molar-refractivity contribution < 1.29 is 9.21 Å². The number of hydrogen-bond acceptors (Lipinski definition) is 4. The zero-order valence-corrected chi connectivity index (χ0v) is 13.4. The van der Waals surface area contributed by atoms with E-state index >= 15 is 0 Å². The van der Waals surface area contributed by atoms with Gasteiger partial charge in [0.25, 0.3) is 0 Å². The molecule has 0 unspecified atom stereocenters. The molecule has 2 aromatic rings. The SMILES string of the molecule is CC(C)N(C)C(=O)CSCc1coc(-c2ccccc2)n1. The first-order chi connectivity index (χ1) is 10.1. The van der Waals surface area contributed by atoms with Gasteiger partial charge in [-0.1, -0.05) is 18.2 Å². The fraction of sp³-hybridized carbons (Fsp3) is 0.375. The lowest BCUT2D eigenvalue weighted by molar-refractivity contribution is -0.128. The third-order valence-electron chi connectivity index (χ3n) is 3.22. The van der Waals surface area contributed by atoms with E-state index in [0.717, 1.165) is 11.3 Å². The molecule has 0 aliphatic heterocycles. The standard InChI is InChI=1S/C16H20N2O2S/c1-12(2)18(3)15(19)11-21-10-14-9-20-16(17-14)13-7-5-4-6-8-13/h4-9,12H,10-11H2,1-3H3. The van der Waals surface area contributed by atoms with Crippen LogP contribution in [0.5, 0.6) is 0 Å². The molecule has 0 radical (unpaired) electrons. The maximum Gasteiger partial charge on any atom is 0.232 e. The first-order valence-corrected chi connectivity index (χ1v) is 8.06. The molecule has 0 atom stereocenters. The molecule has 1 aromatic heterocycles. The van der Waals surface area contributed by atoms with E-state index in [2.05, 4.69) is 4.98 Å². The summed E-state index contributed by atoms with van der Waals surface area (Å²) in [6, 6.07) is 10.0. The van der Waals surface area contributed by atoms with Crippen LogP contribution in [0.25, 0.3) is 11.5 Å². The van der Waals surface area contributed by atoms with Crippen LogP contribution >= 0.6 is 11.8 Å². The van der Waals surface area contributed by atoms with E-state index in [1.807, 2.05) is 51.2 Å². The zero-order valence-electron chi connectivity index (χ0n) is 12.6. The molecule has 1 amide bonds. The van der Waals surface area contributed by atoms with Gasteiger partial charge >= 0.3 is 0 Å². The van der Waals surface area contributed by atoms with Crippen molar-refractivity contribution in [2.75, 3.05) is 12.8 Å². The van der Waals surface area contributed by atoms with Crippen molar-refractivity contribution in [1.82, 2.24) is 9.88 Å². The highest BCUT2D eigenvalue weighted by Gasteiger charge is 2.12. The van der Waals surface area contributed by atoms with Gasteiger partial charge < -0.3 is 9.32 Å². The molecule has 1 aromatic carbocycles. The molecule has 2 rings (SSSR count). The van der Waals surface area contributed by atoms with E-state index in [0.29, 0.717) is 17.4 Å².